The molecule has 0 bridgehead atoms. The molecule has 1 saturated heterocycles. The molecule has 0 radical (unpaired) electrons. The topological polar surface area (TPSA) is 39.1 Å². The van der Waals surface area contributed by atoms with Crippen LogP contribution in [0.1, 0.15) is 37.4 Å². The highest BCUT2D eigenvalue weighted by Crippen LogP contribution is 2.28. The average molecular weight is 257 g/mol. The zero-order chi connectivity index (χ0) is 13.7. The van der Waals surface area contributed by atoms with Gasteiger partial charge in [-0.3, -0.25) is 4.90 Å². The van der Waals surface area contributed by atoms with Gasteiger partial charge in [0.15, 0.2) is 0 Å². The van der Waals surface area contributed by atoms with E-state index in [1.54, 1.807) is 0 Å². The second kappa shape index (κ2) is 6.70. The summed E-state index contributed by atoms with van der Waals surface area (Å²) in [5.74, 6) is 0.676. The Hall–Kier alpha value is -1.37. The molecular formula is C16H23N3. The third kappa shape index (κ3) is 3.79. The van der Waals surface area contributed by atoms with Crippen molar-refractivity contribution in [1.29, 1.82) is 5.26 Å². The Morgan fingerprint density at radius 1 is 1.21 bits per heavy atom. The number of piperazine rings is 1. The van der Waals surface area contributed by atoms with Crippen LogP contribution in [0.3, 0.4) is 0 Å². The van der Waals surface area contributed by atoms with Gasteiger partial charge in [0.2, 0.25) is 0 Å². The Labute approximate surface area is 116 Å². The zero-order valence-electron chi connectivity index (χ0n) is 11.9. The highest BCUT2D eigenvalue weighted by Gasteiger charge is 2.22. The van der Waals surface area contributed by atoms with Crippen LogP contribution in [-0.4, -0.2) is 31.1 Å². The van der Waals surface area contributed by atoms with Crippen molar-refractivity contribution in [2.45, 2.75) is 26.3 Å². The molecule has 0 amide bonds. The van der Waals surface area contributed by atoms with E-state index in [2.05, 4.69) is 42.3 Å². The van der Waals surface area contributed by atoms with Gasteiger partial charge in [-0.25, -0.2) is 0 Å². The molecule has 1 heterocycles. The predicted molar refractivity (Wildman–Crippen MR) is 77.8 cm³/mol. The minimum absolute atomic E-state index is 0.481. The van der Waals surface area contributed by atoms with Crippen LogP contribution in [-0.2, 0) is 0 Å². The normalized spacial score (nSPS) is 18.2. The second-order valence-corrected chi connectivity index (χ2v) is 5.67. The Morgan fingerprint density at radius 3 is 2.37 bits per heavy atom. The quantitative estimate of drug-likeness (QED) is 0.901. The summed E-state index contributed by atoms with van der Waals surface area (Å²) in [6, 6.07) is 10.8. The smallest absolute Gasteiger partial charge is 0.0991 e. The molecular weight excluding hydrogens is 234 g/mol. The number of benzene rings is 1. The van der Waals surface area contributed by atoms with Gasteiger partial charge >= 0.3 is 0 Å². The van der Waals surface area contributed by atoms with Crippen LogP contribution in [0.2, 0.25) is 0 Å². The highest BCUT2D eigenvalue weighted by molar-refractivity contribution is 5.33. The van der Waals surface area contributed by atoms with E-state index in [9.17, 15) is 0 Å². The lowest BCUT2D eigenvalue weighted by atomic mass is 9.94. The van der Waals surface area contributed by atoms with E-state index in [-0.39, 0.29) is 0 Å². The standard InChI is InChI=1S/C16H23N3/c1-13(2)11-16(19-9-7-18-8-10-19)15-5-3-14(12-17)4-6-15/h3-6,13,16,18H,7-11H2,1-2H3/t16-/m1/s1. The molecule has 0 aliphatic carbocycles. The molecule has 0 aromatic heterocycles. The number of hydrogen-bond acceptors (Lipinski definition) is 3. The fourth-order valence-corrected chi connectivity index (χ4v) is 2.72. The summed E-state index contributed by atoms with van der Waals surface area (Å²) in [6.45, 7) is 8.92. The van der Waals surface area contributed by atoms with Crippen molar-refractivity contribution in [2.75, 3.05) is 26.2 Å². The van der Waals surface area contributed by atoms with Crippen LogP contribution in [0.5, 0.6) is 0 Å². The lowest BCUT2D eigenvalue weighted by Gasteiger charge is -2.36. The van der Waals surface area contributed by atoms with E-state index in [4.69, 9.17) is 5.26 Å². The van der Waals surface area contributed by atoms with Crippen LogP contribution >= 0.6 is 0 Å². The Morgan fingerprint density at radius 2 is 1.84 bits per heavy atom. The SMILES string of the molecule is CC(C)C[C@H](c1ccc(C#N)cc1)N1CCNCC1. The summed E-state index contributed by atoms with van der Waals surface area (Å²) in [5, 5.41) is 12.3. The minimum atomic E-state index is 0.481. The van der Waals surface area contributed by atoms with E-state index in [0.29, 0.717) is 12.0 Å². The summed E-state index contributed by atoms with van der Waals surface area (Å²) in [6.07, 6.45) is 1.17. The summed E-state index contributed by atoms with van der Waals surface area (Å²) < 4.78 is 0. The van der Waals surface area contributed by atoms with Gasteiger partial charge in [0, 0.05) is 32.2 Å². The predicted octanol–water partition coefficient (Wildman–Crippen LogP) is 2.55. The first-order chi connectivity index (χ1) is 9.20. The fraction of sp³-hybridized carbons (Fsp3) is 0.562. The molecule has 19 heavy (non-hydrogen) atoms. The van der Waals surface area contributed by atoms with Crippen molar-refractivity contribution >= 4 is 0 Å². The number of rotatable bonds is 4. The lowest BCUT2D eigenvalue weighted by molar-refractivity contribution is 0.154. The molecule has 0 saturated carbocycles. The molecule has 1 N–H and O–H groups in total. The van der Waals surface area contributed by atoms with Gasteiger partial charge in [-0.15, -0.1) is 0 Å². The highest BCUT2D eigenvalue weighted by atomic mass is 15.2. The van der Waals surface area contributed by atoms with E-state index in [1.807, 2.05) is 12.1 Å². The van der Waals surface area contributed by atoms with Crippen molar-refractivity contribution in [3.05, 3.63) is 35.4 Å². The molecule has 1 fully saturated rings. The molecule has 0 unspecified atom stereocenters. The monoisotopic (exact) mass is 257 g/mol. The first-order valence-corrected chi connectivity index (χ1v) is 7.15. The van der Waals surface area contributed by atoms with Crippen LogP contribution in [0, 0.1) is 17.2 Å². The molecule has 1 aliphatic heterocycles. The minimum Gasteiger partial charge on any atom is -0.314 e. The van der Waals surface area contributed by atoms with Crippen LogP contribution < -0.4 is 5.32 Å². The summed E-state index contributed by atoms with van der Waals surface area (Å²) >= 11 is 0. The number of nitrogens with one attached hydrogen (secondary N) is 1. The van der Waals surface area contributed by atoms with Gasteiger partial charge in [-0.2, -0.15) is 5.26 Å². The molecule has 1 aromatic carbocycles. The van der Waals surface area contributed by atoms with Gasteiger partial charge in [0.25, 0.3) is 0 Å². The van der Waals surface area contributed by atoms with E-state index >= 15 is 0 Å². The van der Waals surface area contributed by atoms with E-state index in [0.717, 1.165) is 31.7 Å². The van der Waals surface area contributed by atoms with Gasteiger partial charge < -0.3 is 5.32 Å². The van der Waals surface area contributed by atoms with Crippen molar-refractivity contribution < 1.29 is 0 Å². The third-order valence-electron chi connectivity index (χ3n) is 3.71. The Bertz CT molecular complexity index is 424. The summed E-state index contributed by atoms with van der Waals surface area (Å²) in [7, 11) is 0. The van der Waals surface area contributed by atoms with E-state index < -0.39 is 0 Å². The third-order valence-corrected chi connectivity index (χ3v) is 3.71. The fourth-order valence-electron chi connectivity index (χ4n) is 2.72. The number of hydrogen-bond donors (Lipinski definition) is 1. The van der Waals surface area contributed by atoms with Crippen molar-refractivity contribution in [1.82, 2.24) is 10.2 Å². The van der Waals surface area contributed by atoms with Crippen LogP contribution in [0.4, 0.5) is 0 Å². The maximum atomic E-state index is 8.89. The zero-order valence-corrected chi connectivity index (χ0v) is 11.9. The molecule has 3 heteroatoms. The molecule has 0 spiro atoms. The van der Waals surface area contributed by atoms with Crippen LogP contribution in [0.25, 0.3) is 0 Å². The second-order valence-electron chi connectivity index (χ2n) is 5.67. The van der Waals surface area contributed by atoms with Gasteiger partial charge in [0.05, 0.1) is 11.6 Å². The largest absolute Gasteiger partial charge is 0.314 e. The lowest BCUT2D eigenvalue weighted by Crippen LogP contribution is -2.45. The molecule has 3 nitrogen and oxygen atoms in total. The summed E-state index contributed by atoms with van der Waals surface area (Å²) in [5.41, 5.74) is 2.09. The molecule has 1 aromatic rings. The van der Waals surface area contributed by atoms with E-state index in [1.165, 1.54) is 12.0 Å². The number of nitrogens with zero attached hydrogens (tertiary/aromatic N) is 2. The van der Waals surface area contributed by atoms with Crippen molar-refractivity contribution in [2.24, 2.45) is 5.92 Å². The Kier molecular flexibility index (Phi) is 4.95. The maximum Gasteiger partial charge on any atom is 0.0991 e. The first-order valence-electron chi connectivity index (χ1n) is 7.15. The van der Waals surface area contributed by atoms with Crippen molar-refractivity contribution in [3.63, 3.8) is 0 Å². The first kappa shape index (κ1) is 14.0. The summed E-state index contributed by atoms with van der Waals surface area (Å²) in [4.78, 5) is 2.57. The van der Waals surface area contributed by atoms with Crippen molar-refractivity contribution in [3.8, 4) is 6.07 Å². The van der Waals surface area contributed by atoms with Gasteiger partial charge in [-0.1, -0.05) is 26.0 Å². The molecule has 102 valence electrons. The van der Waals surface area contributed by atoms with Gasteiger partial charge in [-0.05, 0) is 30.0 Å². The number of nitriles is 1. The molecule has 1 aliphatic rings. The molecule has 1 atom stereocenters. The van der Waals surface area contributed by atoms with Gasteiger partial charge in [0.1, 0.15) is 0 Å². The van der Waals surface area contributed by atoms with Crippen LogP contribution in [0.15, 0.2) is 24.3 Å². The molecule has 2 rings (SSSR count). The maximum absolute atomic E-state index is 8.89. The average Bonchev–Trinajstić information content (AvgIpc) is 2.46. The Balaban J connectivity index is 2.17.